The largest absolute Gasteiger partial charge is 0.352 e. The maximum Gasteiger partial charge on any atom is 0.251 e. The van der Waals surface area contributed by atoms with Gasteiger partial charge in [-0.3, -0.25) is 9.10 Å². The number of imidazole rings is 1. The number of amides is 1. The second kappa shape index (κ2) is 7.63. The van der Waals surface area contributed by atoms with Crippen LogP contribution in [0.25, 0.3) is 5.52 Å². The van der Waals surface area contributed by atoms with E-state index in [0.717, 1.165) is 17.8 Å². The number of hydrogen-bond acceptors (Lipinski definition) is 4. The zero-order valence-corrected chi connectivity index (χ0v) is 16.2. The average Bonchev–Trinajstić information content (AvgIpc) is 3.11. The summed E-state index contributed by atoms with van der Waals surface area (Å²) in [5.41, 5.74) is 2.01. The van der Waals surface area contributed by atoms with E-state index < -0.39 is 10.0 Å². The van der Waals surface area contributed by atoms with Crippen LogP contribution in [0.3, 0.4) is 0 Å². The van der Waals surface area contributed by atoms with E-state index in [4.69, 9.17) is 0 Å². The number of rotatable bonds is 5. The number of carbonyl (C=O) groups excluding carboxylic acids is 1. The number of hydrogen-bond donors (Lipinski definition) is 1. The molecule has 1 saturated heterocycles. The summed E-state index contributed by atoms with van der Waals surface area (Å²) in [6, 6.07) is 12.7. The van der Waals surface area contributed by atoms with Gasteiger partial charge in [-0.15, -0.1) is 0 Å². The average molecular weight is 398 g/mol. The molecule has 1 N–H and O–H groups in total. The molecule has 0 spiro atoms. The Labute approximate surface area is 164 Å². The maximum atomic E-state index is 12.5. The van der Waals surface area contributed by atoms with E-state index in [1.807, 2.05) is 28.8 Å². The highest BCUT2D eigenvalue weighted by atomic mass is 32.2. The van der Waals surface area contributed by atoms with Gasteiger partial charge in [-0.1, -0.05) is 12.1 Å². The van der Waals surface area contributed by atoms with Gasteiger partial charge in [-0.05, 0) is 43.2 Å². The Balaban J connectivity index is 1.42. The number of nitrogens with one attached hydrogen (secondary N) is 1. The van der Waals surface area contributed by atoms with Crippen molar-refractivity contribution >= 4 is 27.1 Å². The van der Waals surface area contributed by atoms with Crippen molar-refractivity contribution in [3.05, 3.63) is 66.2 Å². The van der Waals surface area contributed by atoms with E-state index in [1.165, 1.54) is 4.31 Å². The van der Waals surface area contributed by atoms with Gasteiger partial charge in [0.15, 0.2) is 0 Å². The minimum absolute atomic E-state index is 0.154. The number of aromatic nitrogens is 2. The maximum absolute atomic E-state index is 12.5. The Morgan fingerprint density at radius 1 is 1.14 bits per heavy atom. The highest BCUT2D eigenvalue weighted by Gasteiger charge is 2.26. The van der Waals surface area contributed by atoms with Gasteiger partial charge in [0.1, 0.15) is 5.82 Å². The lowest BCUT2D eigenvalue weighted by Gasteiger charge is -2.28. The monoisotopic (exact) mass is 398 g/mol. The predicted octanol–water partition coefficient (Wildman–Crippen LogP) is 2.24. The minimum Gasteiger partial charge on any atom is -0.352 e. The first-order chi connectivity index (χ1) is 13.5. The molecule has 28 heavy (non-hydrogen) atoms. The molecule has 3 aromatic rings. The van der Waals surface area contributed by atoms with E-state index in [-0.39, 0.29) is 11.7 Å². The summed E-state index contributed by atoms with van der Waals surface area (Å²) < 4.78 is 28.0. The number of anilines is 1. The standard InChI is InChI=1S/C20H22N4O3S/c25-20(21-10-9-19-22-15-18-7-1-2-11-23(18)19)16-6-5-8-17(14-16)24-12-3-4-13-28(24,26)27/h1-2,5-8,11,14-15H,3-4,9-10,12-13H2,(H,21,25). The zero-order valence-electron chi connectivity index (χ0n) is 15.4. The summed E-state index contributed by atoms with van der Waals surface area (Å²) in [7, 11) is -3.30. The van der Waals surface area contributed by atoms with Crippen molar-refractivity contribution in [1.29, 1.82) is 0 Å². The van der Waals surface area contributed by atoms with Crippen molar-refractivity contribution in [2.45, 2.75) is 19.3 Å². The lowest BCUT2D eigenvalue weighted by Crippen LogP contribution is -2.38. The Morgan fingerprint density at radius 2 is 2.04 bits per heavy atom. The van der Waals surface area contributed by atoms with Gasteiger partial charge in [0.25, 0.3) is 5.91 Å². The van der Waals surface area contributed by atoms with E-state index in [9.17, 15) is 13.2 Å². The number of pyridine rings is 1. The van der Waals surface area contributed by atoms with E-state index in [0.29, 0.717) is 37.2 Å². The molecule has 1 aliphatic heterocycles. The number of nitrogens with zero attached hydrogens (tertiary/aromatic N) is 3. The molecule has 3 heterocycles. The molecule has 0 saturated carbocycles. The summed E-state index contributed by atoms with van der Waals surface area (Å²) >= 11 is 0. The minimum atomic E-state index is -3.30. The molecule has 0 bridgehead atoms. The molecule has 0 unspecified atom stereocenters. The van der Waals surface area contributed by atoms with Crippen LogP contribution in [0.15, 0.2) is 54.9 Å². The first-order valence-electron chi connectivity index (χ1n) is 9.34. The zero-order chi connectivity index (χ0) is 19.6. The molecule has 7 nitrogen and oxygen atoms in total. The molecular formula is C20H22N4O3S. The van der Waals surface area contributed by atoms with Crippen LogP contribution in [-0.4, -0.2) is 42.6 Å². The quantitative estimate of drug-likeness (QED) is 0.714. The van der Waals surface area contributed by atoms with Gasteiger partial charge in [0.2, 0.25) is 10.0 Å². The molecule has 8 heteroatoms. The van der Waals surface area contributed by atoms with Crippen molar-refractivity contribution in [3.8, 4) is 0 Å². The predicted molar refractivity (Wildman–Crippen MR) is 108 cm³/mol. The number of fused-ring (bicyclic) bond motifs is 1. The first-order valence-corrected chi connectivity index (χ1v) is 11.0. The van der Waals surface area contributed by atoms with Crippen molar-refractivity contribution in [1.82, 2.24) is 14.7 Å². The van der Waals surface area contributed by atoms with Crippen LogP contribution < -0.4 is 9.62 Å². The molecule has 1 amide bonds. The Hall–Kier alpha value is -2.87. The lowest BCUT2D eigenvalue weighted by molar-refractivity contribution is 0.0954. The highest BCUT2D eigenvalue weighted by Crippen LogP contribution is 2.24. The second-order valence-corrected chi connectivity index (χ2v) is 8.83. The van der Waals surface area contributed by atoms with Crippen LogP contribution in [0.4, 0.5) is 5.69 Å². The van der Waals surface area contributed by atoms with Gasteiger partial charge < -0.3 is 9.72 Å². The third-order valence-corrected chi connectivity index (χ3v) is 6.76. The van der Waals surface area contributed by atoms with Crippen molar-refractivity contribution < 1.29 is 13.2 Å². The number of benzene rings is 1. The summed E-state index contributed by atoms with van der Waals surface area (Å²) in [5, 5.41) is 2.89. The van der Waals surface area contributed by atoms with Gasteiger partial charge in [-0.2, -0.15) is 0 Å². The molecular weight excluding hydrogens is 376 g/mol. The van der Waals surface area contributed by atoms with Crippen LogP contribution in [-0.2, 0) is 16.4 Å². The number of sulfonamides is 1. The van der Waals surface area contributed by atoms with Crippen LogP contribution in [0.5, 0.6) is 0 Å². The fraction of sp³-hybridized carbons (Fsp3) is 0.300. The van der Waals surface area contributed by atoms with E-state index in [2.05, 4.69) is 10.3 Å². The Kier molecular flexibility index (Phi) is 5.04. The smallest absolute Gasteiger partial charge is 0.251 e. The van der Waals surface area contributed by atoms with E-state index in [1.54, 1.807) is 30.5 Å². The van der Waals surface area contributed by atoms with E-state index >= 15 is 0 Å². The molecule has 0 radical (unpaired) electrons. The fourth-order valence-electron chi connectivity index (χ4n) is 3.46. The summed E-state index contributed by atoms with van der Waals surface area (Å²) in [4.78, 5) is 16.9. The molecule has 146 valence electrons. The summed E-state index contributed by atoms with van der Waals surface area (Å²) in [6.07, 6.45) is 5.86. The summed E-state index contributed by atoms with van der Waals surface area (Å²) in [5.74, 6) is 0.808. The van der Waals surface area contributed by atoms with Gasteiger partial charge in [-0.25, -0.2) is 13.4 Å². The second-order valence-electron chi connectivity index (χ2n) is 6.82. The Bertz CT molecular complexity index is 1110. The molecule has 0 atom stereocenters. The molecule has 1 aliphatic rings. The van der Waals surface area contributed by atoms with Gasteiger partial charge in [0, 0.05) is 31.3 Å². The van der Waals surface area contributed by atoms with Gasteiger partial charge in [0.05, 0.1) is 23.2 Å². The van der Waals surface area contributed by atoms with Crippen molar-refractivity contribution in [3.63, 3.8) is 0 Å². The Morgan fingerprint density at radius 3 is 2.89 bits per heavy atom. The fourth-order valence-corrected chi connectivity index (χ4v) is 5.09. The normalized spacial score (nSPS) is 16.2. The number of carbonyl (C=O) groups is 1. The highest BCUT2D eigenvalue weighted by molar-refractivity contribution is 7.92. The third-order valence-electron chi connectivity index (χ3n) is 4.90. The molecule has 2 aromatic heterocycles. The SMILES string of the molecule is O=C(NCCc1ncc2ccccn12)c1cccc(N2CCCCS2(=O)=O)c1. The summed E-state index contributed by atoms with van der Waals surface area (Å²) in [6.45, 7) is 0.902. The van der Waals surface area contributed by atoms with Crippen molar-refractivity contribution in [2.75, 3.05) is 23.1 Å². The lowest BCUT2D eigenvalue weighted by atomic mass is 10.2. The van der Waals surface area contributed by atoms with Crippen LogP contribution in [0.2, 0.25) is 0 Å². The topological polar surface area (TPSA) is 83.8 Å². The molecule has 1 fully saturated rings. The third kappa shape index (κ3) is 3.73. The van der Waals surface area contributed by atoms with Crippen LogP contribution in [0.1, 0.15) is 29.0 Å². The van der Waals surface area contributed by atoms with Gasteiger partial charge >= 0.3 is 0 Å². The molecule has 4 rings (SSSR count). The first kappa shape index (κ1) is 18.5. The molecule has 0 aliphatic carbocycles. The van der Waals surface area contributed by atoms with Crippen LogP contribution in [0, 0.1) is 0 Å². The van der Waals surface area contributed by atoms with Crippen molar-refractivity contribution in [2.24, 2.45) is 0 Å². The molecule has 1 aromatic carbocycles. The van der Waals surface area contributed by atoms with Crippen LogP contribution >= 0.6 is 0 Å².